The van der Waals surface area contributed by atoms with E-state index in [2.05, 4.69) is 104 Å². The summed E-state index contributed by atoms with van der Waals surface area (Å²) in [6.07, 6.45) is 4.12. The second kappa shape index (κ2) is 12.0. The molecule has 0 spiro atoms. The molecule has 0 N–H and O–H groups in total. The van der Waals surface area contributed by atoms with Gasteiger partial charge in [0.05, 0.1) is 0 Å². The lowest BCUT2D eigenvalue weighted by Gasteiger charge is -2.47. The first-order valence-corrected chi connectivity index (χ1v) is 12.6. The second-order valence-electron chi connectivity index (χ2n) is 10.4. The van der Waals surface area contributed by atoms with Crippen LogP contribution >= 0.6 is 0 Å². The lowest BCUT2D eigenvalue weighted by Crippen LogP contribution is -2.49. The summed E-state index contributed by atoms with van der Waals surface area (Å²) >= 11 is 0. The minimum absolute atomic E-state index is 0.603. The van der Waals surface area contributed by atoms with Crippen molar-refractivity contribution >= 4 is 0 Å². The normalized spacial score (nSPS) is 15.7. The molecule has 32 heavy (non-hydrogen) atoms. The van der Waals surface area contributed by atoms with Crippen LogP contribution in [0.3, 0.4) is 0 Å². The molecule has 2 atom stereocenters. The summed E-state index contributed by atoms with van der Waals surface area (Å²) in [5, 5.41) is 0. The lowest BCUT2D eigenvalue weighted by atomic mass is 9.74. The first-order valence-electron chi connectivity index (χ1n) is 12.6. The zero-order valence-electron chi connectivity index (χ0n) is 21.8. The molecule has 0 bridgehead atoms. The SMILES string of the molecule is CCCOC(C)(c1ccc(CC(C)C)cc1)C(C)(OCCC)c1ccc(CC(C)C)cc1. The van der Waals surface area contributed by atoms with E-state index in [9.17, 15) is 0 Å². The smallest absolute Gasteiger partial charge is 0.123 e. The van der Waals surface area contributed by atoms with Gasteiger partial charge in [-0.3, -0.25) is 0 Å². The van der Waals surface area contributed by atoms with Crippen LogP contribution in [0.4, 0.5) is 0 Å². The number of benzene rings is 2. The minimum Gasteiger partial charge on any atom is -0.367 e. The highest BCUT2D eigenvalue weighted by Gasteiger charge is 2.49. The molecule has 0 heterocycles. The Kier molecular flexibility index (Phi) is 9.98. The van der Waals surface area contributed by atoms with Crippen molar-refractivity contribution in [2.75, 3.05) is 13.2 Å². The summed E-state index contributed by atoms with van der Waals surface area (Å²) in [7, 11) is 0. The number of rotatable bonds is 13. The second-order valence-corrected chi connectivity index (χ2v) is 10.4. The van der Waals surface area contributed by atoms with Gasteiger partial charge in [0.15, 0.2) is 0 Å². The predicted octanol–water partition coefficient (Wildman–Crippen LogP) is 8.07. The van der Waals surface area contributed by atoms with E-state index >= 15 is 0 Å². The Morgan fingerprint density at radius 3 is 1.16 bits per heavy atom. The van der Waals surface area contributed by atoms with Crippen LogP contribution in [0.25, 0.3) is 0 Å². The zero-order valence-corrected chi connectivity index (χ0v) is 21.8. The summed E-state index contributed by atoms with van der Waals surface area (Å²) in [6.45, 7) is 19.2. The van der Waals surface area contributed by atoms with E-state index in [0.717, 1.165) is 25.7 Å². The third kappa shape index (κ3) is 6.45. The molecule has 0 aromatic heterocycles. The van der Waals surface area contributed by atoms with Crippen LogP contribution in [0, 0.1) is 11.8 Å². The van der Waals surface area contributed by atoms with Gasteiger partial charge in [-0.25, -0.2) is 0 Å². The molecule has 0 aliphatic carbocycles. The Hall–Kier alpha value is -1.64. The van der Waals surface area contributed by atoms with Crippen molar-refractivity contribution in [2.24, 2.45) is 11.8 Å². The highest BCUT2D eigenvalue weighted by atomic mass is 16.6. The fraction of sp³-hybridized carbons (Fsp3) is 0.600. The Labute approximate surface area is 197 Å². The van der Waals surface area contributed by atoms with Crippen LogP contribution in [-0.2, 0) is 33.5 Å². The first-order chi connectivity index (χ1) is 15.2. The van der Waals surface area contributed by atoms with E-state index in [1.165, 1.54) is 22.3 Å². The maximum atomic E-state index is 6.67. The van der Waals surface area contributed by atoms with Gasteiger partial charge in [0.2, 0.25) is 0 Å². The molecular weight excluding hydrogens is 392 g/mol. The molecular formula is C30H46O2. The van der Waals surface area contributed by atoms with Gasteiger partial charge in [-0.1, -0.05) is 90.1 Å². The first kappa shape index (κ1) is 26.6. The molecule has 2 heteroatoms. The Bertz CT molecular complexity index is 721. The van der Waals surface area contributed by atoms with Crippen molar-refractivity contribution in [3.8, 4) is 0 Å². The van der Waals surface area contributed by atoms with E-state index in [1.807, 2.05) is 0 Å². The van der Waals surface area contributed by atoms with Gasteiger partial charge in [0, 0.05) is 13.2 Å². The Morgan fingerprint density at radius 1 is 0.594 bits per heavy atom. The molecule has 2 unspecified atom stereocenters. The van der Waals surface area contributed by atoms with Crippen LogP contribution in [0.2, 0.25) is 0 Å². The fourth-order valence-corrected chi connectivity index (χ4v) is 4.47. The molecule has 178 valence electrons. The Balaban J connectivity index is 2.53. The van der Waals surface area contributed by atoms with Gasteiger partial charge in [0.1, 0.15) is 11.2 Å². The Morgan fingerprint density at radius 2 is 0.906 bits per heavy atom. The number of hydrogen-bond acceptors (Lipinski definition) is 2. The molecule has 2 nitrogen and oxygen atoms in total. The van der Waals surface area contributed by atoms with E-state index in [4.69, 9.17) is 9.47 Å². The van der Waals surface area contributed by atoms with Gasteiger partial charge < -0.3 is 9.47 Å². The summed E-state index contributed by atoms with van der Waals surface area (Å²) in [6, 6.07) is 18.0. The molecule has 2 aromatic carbocycles. The van der Waals surface area contributed by atoms with Crippen molar-refractivity contribution in [3.63, 3.8) is 0 Å². The lowest BCUT2D eigenvalue weighted by molar-refractivity contribution is -0.207. The molecule has 0 saturated heterocycles. The van der Waals surface area contributed by atoms with Gasteiger partial charge in [-0.15, -0.1) is 0 Å². The van der Waals surface area contributed by atoms with E-state index in [-0.39, 0.29) is 0 Å². The van der Waals surface area contributed by atoms with Crippen molar-refractivity contribution in [1.29, 1.82) is 0 Å². The summed E-state index contributed by atoms with van der Waals surface area (Å²) in [4.78, 5) is 0. The van der Waals surface area contributed by atoms with Crippen LogP contribution in [0.1, 0.15) is 90.5 Å². The van der Waals surface area contributed by atoms with Gasteiger partial charge in [-0.05, 0) is 73.6 Å². The fourth-order valence-electron chi connectivity index (χ4n) is 4.47. The predicted molar refractivity (Wildman–Crippen MR) is 137 cm³/mol. The topological polar surface area (TPSA) is 18.5 Å². The van der Waals surface area contributed by atoms with E-state index < -0.39 is 11.2 Å². The van der Waals surface area contributed by atoms with Crippen LogP contribution < -0.4 is 0 Å². The monoisotopic (exact) mass is 438 g/mol. The molecule has 0 radical (unpaired) electrons. The largest absolute Gasteiger partial charge is 0.367 e. The quantitative estimate of drug-likeness (QED) is 0.315. The van der Waals surface area contributed by atoms with Crippen molar-refractivity contribution in [2.45, 2.75) is 92.3 Å². The van der Waals surface area contributed by atoms with Gasteiger partial charge in [0.25, 0.3) is 0 Å². The molecule has 0 fully saturated rings. The number of hydrogen-bond donors (Lipinski definition) is 0. The number of ether oxygens (including phenoxy) is 2. The minimum atomic E-state index is -0.603. The molecule has 2 rings (SSSR count). The van der Waals surface area contributed by atoms with Crippen LogP contribution in [0.15, 0.2) is 48.5 Å². The zero-order chi connectivity index (χ0) is 23.8. The van der Waals surface area contributed by atoms with Crippen LogP contribution in [0.5, 0.6) is 0 Å². The molecule has 0 saturated carbocycles. The van der Waals surface area contributed by atoms with Crippen molar-refractivity contribution < 1.29 is 9.47 Å². The standard InChI is InChI=1S/C30H46O2/c1-9-19-31-29(7,27-15-11-25(12-16-27)21-23(3)4)30(8,32-20-10-2)28-17-13-26(14-18-28)22-24(5)6/h11-18,23-24H,9-10,19-22H2,1-8H3. The molecule has 0 aliphatic heterocycles. The molecule has 2 aromatic rings. The maximum absolute atomic E-state index is 6.67. The third-order valence-corrected chi connectivity index (χ3v) is 6.40. The van der Waals surface area contributed by atoms with Crippen molar-refractivity contribution in [3.05, 3.63) is 70.8 Å². The van der Waals surface area contributed by atoms with E-state index in [1.54, 1.807) is 0 Å². The third-order valence-electron chi connectivity index (χ3n) is 6.40. The van der Waals surface area contributed by atoms with Gasteiger partial charge >= 0.3 is 0 Å². The van der Waals surface area contributed by atoms with Gasteiger partial charge in [-0.2, -0.15) is 0 Å². The summed E-state index contributed by atoms with van der Waals surface area (Å²) in [5.41, 5.74) is 3.88. The summed E-state index contributed by atoms with van der Waals surface area (Å²) < 4.78 is 13.3. The summed E-state index contributed by atoms with van der Waals surface area (Å²) in [5.74, 6) is 1.29. The molecule has 0 aliphatic rings. The van der Waals surface area contributed by atoms with E-state index in [0.29, 0.717) is 25.0 Å². The van der Waals surface area contributed by atoms with Crippen LogP contribution in [-0.4, -0.2) is 13.2 Å². The molecule has 0 amide bonds. The highest BCUT2D eigenvalue weighted by Crippen LogP contribution is 2.46. The maximum Gasteiger partial charge on any atom is 0.123 e. The average Bonchev–Trinajstić information content (AvgIpc) is 2.76. The highest BCUT2D eigenvalue weighted by molar-refractivity contribution is 5.36. The average molecular weight is 439 g/mol. The van der Waals surface area contributed by atoms with Crippen molar-refractivity contribution in [1.82, 2.24) is 0 Å².